The van der Waals surface area contributed by atoms with E-state index in [1.807, 2.05) is 48.5 Å². The van der Waals surface area contributed by atoms with Gasteiger partial charge >= 0.3 is 0 Å². The number of rotatable bonds is 2. The Kier molecular flexibility index (Phi) is 3.17. The molecule has 20 heavy (non-hydrogen) atoms. The van der Waals surface area contributed by atoms with E-state index < -0.39 is 0 Å². The third-order valence-corrected chi connectivity index (χ3v) is 3.28. The van der Waals surface area contributed by atoms with Crippen LogP contribution in [0.3, 0.4) is 0 Å². The summed E-state index contributed by atoms with van der Waals surface area (Å²) >= 11 is 0. The zero-order valence-electron chi connectivity index (χ0n) is 10.8. The van der Waals surface area contributed by atoms with Crippen LogP contribution in [-0.4, -0.2) is 11.7 Å². The molecule has 0 radical (unpaired) electrons. The SMILES string of the molecule is O=C(/C=C1\Cc2ccccc2C1=O)Nc1ccccc1. The normalized spacial score (nSPS) is 15.2. The zero-order valence-corrected chi connectivity index (χ0v) is 10.8. The van der Waals surface area contributed by atoms with Crippen LogP contribution in [0.4, 0.5) is 5.69 Å². The van der Waals surface area contributed by atoms with Gasteiger partial charge in [0, 0.05) is 29.3 Å². The molecule has 2 aromatic rings. The zero-order chi connectivity index (χ0) is 13.9. The van der Waals surface area contributed by atoms with Gasteiger partial charge in [0.15, 0.2) is 5.78 Å². The van der Waals surface area contributed by atoms with Crippen molar-refractivity contribution in [1.82, 2.24) is 0 Å². The fourth-order valence-corrected chi connectivity index (χ4v) is 2.33. The lowest BCUT2D eigenvalue weighted by Crippen LogP contribution is -2.10. The van der Waals surface area contributed by atoms with Gasteiger partial charge in [0.1, 0.15) is 0 Å². The van der Waals surface area contributed by atoms with Crippen LogP contribution in [0.15, 0.2) is 66.2 Å². The number of fused-ring (bicyclic) bond motifs is 1. The van der Waals surface area contributed by atoms with Crippen LogP contribution < -0.4 is 5.32 Å². The van der Waals surface area contributed by atoms with E-state index in [4.69, 9.17) is 0 Å². The Morgan fingerprint density at radius 1 is 1.00 bits per heavy atom. The second-order valence-electron chi connectivity index (χ2n) is 4.69. The Bertz CT molecular complexity index is 702. The van der Waals surface area contributed by atoms with Crippen molar-refractivity contribution >= 4 is 17.4 Å². The van der Waals surface area contributed by atoms with Crippen molar-refractivity contribution < 1.29 is 9.59 Å². The fraction of sp³-hybridized carbons (Fsp3) is 0.0588. The smallest absolute Gasteiger partial charge is 0.248 e. The van der Waals surface area contributed by atoms with Gasteiger partial charge in [-0.15, -0.1) is 0 Å². The largest absolute Gasteiger partial charge is 0.323 e. The summed E-state index contributed by atoms with van der Waals surface area (Å²) in [7, 11) is 0. The van der Waals surface area contributed by atoms with Crippen molar-refractivity contribution in [2.75, 3.05) is 5.32 Å². The van der Waals surface area contributed by atoms with E-state index in [2.05, 4.69) is 5.32 Å². The number of allylic oxidation sites excluding steroid dienone is 1. The first kappa shape index (κ1) is 12.4. The topological polar surface area (TPSA) is 46.2 Å². The van der Waals surface area contributed by atoms with E-state index >= 15 is 0 Å². The molecule has 98 valence electrons. The summed E-state index contributed by atoms with van der Waals surface area (Å²) in [5, 5.41) is 2.75. The molecule has 0 heterocycles. The molecule has 1 aliphatic rings. The lowest BCUT2D eigenvalue weighted by atomic mass is 10.1. The van der Waals surface area contributed by atoms with Crippen molar-refractivity contribution in [2.24, 2.45) is 0 Å². The van der Waals surface area contributed by atoms with Crippen molar-refractivity contribution in [3.8, 4) is 0 Å². The minimum atomic E-state index is -0.271. The number of carbonyl (C=O) groups is 2. The van der Waals surface area contributed by atoms with E-state index in [0.29, 0.717) is 17.6 Å². The molecule has 0 saturated carbocycles. The number of hydrogen-bond donors (Lipinski definition) is 1. The minimum absolute atomic E-state index is 0.0520. The highest BCUT2D eigenvalue weighted by atomic mass is 16.1. The average Bonchev–Trinajstić information content (AvgIpc) is 2.77. The molecule has 0 unspecified atom stereocenters. The Morgan fingerprint density at radius 3 is 2.45 bits per heavy atom. The molecule has 1 amide bonds. The Labute approximate surface area is 116 Å². The summed E-state index contributed by atoms with van der Waals surface area (Å²) in [6, 6.07) is 16.6. The molecule has 0 bridgehead atoms. The molecule has 2 aromatic carbocycles. The number of para-hydroxylation sites is 1. The molecule has 1 N–H and O–H groups in total. The monoisotopic (exact) mass is 263 g/mol. The van der Waals surface area contributed by atoms with Gasteiger partial charge in [-0.1, -0.05) is 42.5 Å². The van der Waals surface area contributed by atoms with Crippen LogP contribution >= 0.6 is 0 Å². The number of benzene rings is 2. The number of anilines is 1. The molecule has 3 rings (SSSR count). The second kappa shape index (κ2) is 5.13. The summed E-state index contributed by atoms with van der Waals surface area (Å²) in [5.74, 6) is -0.323. The van der Waals surface area contributed by atoms with Gasteiger partial charge in [-0.2, -0.15) is 0 Å². The summed E-state index contributed by atoms with van der Waals surface area (Å²) < 4.78 is 0. The number of nitrogens with one attached hydrogen (secondary N) is 1. The molecule has 3 nitrogen and oxygen atoms in total. The molecule has 1 aliphatic carbocycles. The summed E-state index contributed by atoms with van der Waals surface area (Å²) in [6.07, 6.45) is 1.92. The van der Waals surface area contributed by atoms with E-state index in [1.54, 1.807) is 6.07 Å². The summed E-state index contributed by atoms with van der Waals surface area (Å²) in [6.45, 7) is 0. The highest BCUT2D eigenvalue weighted by molar-refractivity contribution is 6.16. The third-order valence-electron chi connectivity index (χ3n) is 3.28. The Morgan fingerprint density at radius 2 is 1.70 bits per heavy atom. The maximum atomic E-state index is 12.1. The fourth-order valence-electron chi connectivity index (χ4n) is 2.33. The average molecular weight is 263 g/mol. The standard InChI is InChI=1S/C17H13NO2/c19-16(18-14-7-2-1-3-8-14)11-13-10-12-6-4-5-9-15(12)17(13)20/h1-9,11H,10H2,(H,18,19)/b13-11+. The second-order valence-corrected chi connectivity index (χ2v) is 4.69. The molecular weight excluding hydrogens is 250 g/mol. The van der Waals surface area contributed by atoms with Crippen LogP contribution in [0.2, 0.25) is 0 Å². The van der Waals surface area contributed by atoms with Gasteiger partial charge in [0.05, 0.1) is 0 Å². The minimum Gasteiger partial charge on any atom is -0.323 e. The molecular formula is C17H13NO2. The molecule has 0 atom stereocenters. The molecule has 3 heteroatoms. The Hall–Kier alpha value is -2.68. The summed E-state index contributed by atoms with van der Waals surface area (Å²) in [5.41, 5.74) is 2.94. The number of Topliss-reactive ketones (excluding diaryl/α,β-unsaturated/α-hetero) is 1. The Balaban J connectivity index is 1.78. The quantitative estimate of drug-likeness (QED) is 0.847. The number of carbonyl (C=O) groups excluding carboxylic acids is 2. The molecule has 0 saturated heterocycles. The molecule has 0 fully saturated rings. The van der Waals surface area contributed by atoms with Gasteiger partial charge in [-0.05, 0) is 17.7 Å². The first-order chi connectivity index (χ1) is 9.74. The van der Waals surface area contributed by atoms with Crippen molar-refractivity contribution in [1.29, 1.82) is 0 Å². The van der Waals surface area contributed by atoms with E-state index in [-0.39, 0.29) is 11.7 Å². The van der Waals surface area contributed by atoms with Gasteiger partial charge in [-0.25, -0.2) is 0 Å². The van der Waals surface area contributed by atoms with Crippen LogP contribution in [0.25, 0.3) is 0 Å². The number of ketones is 1. The first-order valence-electron chi connectivity index (χ1n) is 6.43. The molecule has 0 spiro atoms. The predicted molar refractivity (Wildman–Crippen MR) is 77.6 cm³/mol. The summed E-state index contributed by atoms with van der Waals surface area (Å²) in [4.78, 5) is 24.1. The van der Waals surface area contributed by atoms with Gasteiger partial charge in [0.25, 0.3) is 0 Å². The van der Waals surface area contributed by atoms with Gasteiger partial charge < -0.3 is 5.32 Å². The van der Waals surface area contributed by atoms with Crippen molar-refractivity contribution in [3.05, 3.63) is 77.4 Å². The lowest BCUT2D eigenvalue weighted by molar-refractivity contribution is -0.112. The predicted octanol–water partition coefficient (Wildman–Crippen LogP) is 2.99. The van der Waals surface area contributed by atoms with E-state index in [9.17, 15) is 9.59 Å². The molecule has 0 aliphatic heterocycles. The molecule has 0 aromatic heterocycles. The third kappa shape index (κ3) is 2.38. The van der Waals surface area contributed by atoms with Gasteiger partial charge in [0.2, 0.25) is 5.91 Å². The number of hydrogen-bond acceptors (Lipinski definition) is 2. The maximum Gasteiger partial charge on any atom is 0.248 e. The maximum absolute atomic E-state index is 12.1. The van der Waals surface area contributed by atoms with Crippen LogP contribution in [0, 0.1) is 0 Å². The van der Waals surface area contributed by atoms with Crippen LogP contribution in [-0.2, 0) is 11.2 Å². The van der Waals surface area contributed by atoms with Gasteiger partial charge in [-0.3, -0.25) is 9.59 Å². The van der Waals surface area contributed by atoms with Crippen molar-refractivity contribution in [2.45, 2.75) is 6.42 Å². The van der Waals surface area contributed by atoms with E-state index in [0.717, 1.165) is 11.3 Å². The van der Waals surface area contributed by atoms with Crippen molar-refractivity contribution in [3.63, 3.8) is 0 Å². The number of amides is 1. The lowest BCUT2D eigenvalue weighted by Gasteiger charge is -2.01. The highest BCUT2D eigenvalue weighted by Gasteiger charge is 2.24. The van der Waals surface area contributed by atoms with Crippen LogP contribution in [0.5, 0.6) is 0 Å². The van der Waals surface area contributed by atoms with Crippen LogP contribution in [0.1, 0.15) is 15.9 Å². The van der Waals surface area contributed by atoms with E-state index in [1.165, 1.54) is 6.08 Å². The first-order valence-corrected chi connectivity index (χ1v) is 6.43. The highest BCUT2D eigenvalue weighted by Crippen LogP contribution is 2.25.